The maximum Gasteiger partial charge on any atom is 0.231 e. The van der Waals surface area contributed by atoms with Gasteiger partial charge >= 0.3 is 0 Å². The molecule has 1 atom stereocenters. The molecule has 16 heavy (non-hydrogen) atoms. The fraction of sp³-hybridized carbons (Fsp3) is 0.538. The Hall–Kier alpha value is -1.22. The van der Waals surface area contributed by atoms with E-state index >= 15 is 0 Å². The Kier molecular flexibility index (Phi) is 3.67. The maximum absolute atomic E-state index is 5.51. The molecule has 0 radical (unpaired) electrons. The summed E-state index contributed by atoms with van der Waals surface area (Å²) in [6, 6.07) is 6.20. The van der Waals surface area contributed by atoms with Gasteiger partial charge in [0.2, 0.25) is 6.79 Å². The Labute approximate surface area is 96.5 Å². The second-order valence-electron chi connectivity index (χ2n) is 4.43. The summed E-state index contributed by atoms with van der Waals surface area (Å²) in [5.41, 5.74) is 6.82. The summed E-state index contributed by atoms with van der Waals surface area (Å²) in [4.78, 5) is 0. The maximum atomic E-state index is 5.51. The van der Waals surface area contributed by atoms with Crippen molar-refractivity contribution in [1.82, 2.24) is 0 Å². The highest BCUT2D eigenvalue weighted by Crippen LogP contribution is 2.33. The Morgan fingerprint density at radius 2 is 2.12 bits per heavy atom. The van der Waals surface area contributed by atoms with Crippen LogP contribution in [0.1, 0.15) is 25.3 Å². The highest BCUT2D eigenvalue weighted by Gasteiger charge is 2.13. The van der Waals surface area contributed by atoms with Crippen molar-refractivity contribution in [3.05, 3.63) is 23.8 Å². The summed E-state index contributed by atoms with van der Waals surface area (Å²) in [6.07, 6.45) is 3.37. The van der Waals surface area contributed by atoms with Gasteiger partial charge in [0.25, 0.3) is 0 Å². The summed E-state index contributed by atoms with van der Waals surface area (Å²) in [5.74, 6) is 2.41. The van der Waals surface area contributed by atoms with Gasteiger partial charge in [-0.05, 0) is 49.4 Å². The van der Waals surface area contributed by atoms with Gasteiger partial charge in [0.1, 0.15) is 0 Å². The first kappa shape index (κ1) is 11.3. The molecular formula is C13H19NO2. The molecule has 1 unspecified atom stereocenters. The SMILES string of the molecule is CC(CCCN)Cc1ccc2c(c1)OCO2. The predicted molar refractivity (Wildman–Crippen MR) is 63.7 cm³/mol. The first-order chi connectivity index (χ1) is 7.79. The molecule has 0 amide bonds. The first-order valence-corrected chi connectivity index (χ1v) is 5.88. The van der Waals surface area contributed by atoms with Crippen molar-refractivity contribution < 1.29 is 9.47 Å². The van der Waals surface area contributed by atoms with Crippen molar-refractivity contribution in [2.24, 2.45) is 11.7 Å². The molecule has 88 valence electrons. The van der Waals surface area contributed by atoms with Crippen molar-refractivity contribution in [2.75, 3.05) is 13.3 Å². The van der Waals surface area contributed by atoms with E-state index in [2.05, 4.69) is 19.1 Å². The number of nitrogens with two attached hydrogens (primary N) is 1. The van der Waals surface area contributed by atoms with Crippen LogP contribution < -0.4 is 15.2 Å². The van der Waals surface area contributed by atoms with Crippen molar-refractivity contribution in [1.29, 1.82) is 0 Å². The van der Waals surface area contributed by atoms with Gasteiger partial charge in [-0.15, -0.1) is 0 Å². The van der Waals surface area contributed by atoms with Gasteiger partial charge in [-0.2, -0.15) is 0 Å². The van der Waals surface area contributed by atoms with Crippen molar-refractivity contribution in [2.45, 2.75) is 26.2 Å². The van der Waals surface area contributed by atoms with Crippen LogP contribution in [0, 0.1) is 5.92 Å². The molecule has 1 aromatic carbocycles. The Morgan fingerprint density at radius 1 is 1.31 bits per heavy atom. The van der Waals surface area contributed by atoms with Crippen LogP contribution in [0.25, 0.3) is 0 Å². The molecule has 1 aromatic rings. The number of benzene rings is 1. The molecule has 0 fully saturated rings. The molecule has 0 aliphatic carbocycles. The first-order valence-electron chi connectivity index (χ1n) is 5.88. The Bertz CT molecular complexity index is 352. The third kappa shape index (κ3) is 2.67. The van der Waals surface area contributed by atoms with Gasteiger partial charge in [0, 0.05) is 0 Å². The van der Waals surface area contributed by atoms with E-state index in [-0.39, 0.29) is 0 Å². The monoisotopic (exact) mass is 221 g/mol. The van der Waals surface area contributed by atoms with Crippen LogP contribution in [0.5, 0.6) is 11.5 Å². The second-order valence-corrected chi connectivity index (χ2v) is 4.43. The van der Waals surface area contributed by atoms with Crippen LogP contribution in [0.15, 0.2) is 18.2 Å². The number of hydrogen-bond acceptors (Lipinski definition) is 3. The number of hydrogen-bond donors (Lipinski definition) is 1. The molecule has 0 bridgehead atoms. The molecule has 1 heterocycles. The van der Waals surface area contributed by atoms with Gasteiger partial charge in [-0.1, -0.05) is 13.0 Å². The zero-order valence-electron chi connectivity index (χ0n) is 9.74. The van der Waals surface area contributed by atoms with Crippen molar-refractivity contribution >= 4 is 0 Å². The van der Waals surface area contributed by atoms with E-state index in [1.165, 1.54) is 12.0 Å². The van der Waals surface area contributed by atoms with Gasteiger partial charge in [-0.3, -0.25) is 0 Å². The zero-order chi connectivity index (χ0) is 11.4. The lowest BCUT2D eigenvalue weighted by atomic mass is 9.96. The third-order valence-electron chi connectivity index (χ3n) is 2.92. The smallest absolute Gasteiger partial charge is 0.231 e. The molecule has 0 saturated heterocycles. The van der Waals surface area contributed by atoms with E-state index in [1.807, 2.05) is 6.07 Å². The third-order valence-corrected chi connectivity index (χ3v) is 2.92. The van der Waals surface area contributed by atoms with E-state index in [0.29, 0.717) is 12.7 Å². The van der Waals surface area contributed by atoms with Gasteiger partial charge in [-0.25, -0.2) is 0 Å². The standard InChI is InChI=1S/C13H19NO2/c1-10(3-2-6-14)7-11-4-5-12-13(8-11)16-9-15-12/h4-5,8,10H,2-3,6-7,9,14H2,1H3. The lowest BCUT2D eigenvalue weighted by Crippen LogP contribution is -2.05. The van der Waals surface area contributed by atoms with E-state index in [0.717, 1.165) is 30.9 Å². The summed E-state index contributed by atoms with van der Waals surface area (Å²) in [6.45, 7) is 3.40. The molecule has 1 aliphatic heterocycles. The van der Waals surface area contributed by atoms with Gasteiger partial charge in [0.05, 0.1) is 0 Å². The largest absolute Gasteiger partial charge is 0.454 e. The van der Waals surface area contributed by atoms with Crippen LogP contribution in [-0.4, -0.2) is 13.3 Å². The normalized spacial score (nSPS) is 15.1. The van der Waals surface area contributed by atoms with E-state index in [1.54, 1.807) is 0 Å². The lowest BCUT2D eigenvalue weighted by Gasteiger charge is -2.10. The van der Waals surface area contributed by atoms with Crippen LogP contribution in [-0.2, 0) is 6.42 Å². The Balaban J connectivity index is 1.94. The zero-order valence-corrected chi connectivity index (χ0v) is 9.74. The summed E-state index contributed by atoms with van der Waals surface area (Å²) in [5, 5.41) is 0. The molecule has 0 aromatic heterocycles. The van der Waals surface area contributed by atoms with Crippen LogP contribution in [0.2, 0.25) is 0 Å². The summed E-state index contributed by atoms with van der Waals surface area (Å²) >= 11 is 0. The molecule has 3 nitrogen and oxygen atoms in total. The highest BCUT2D eigenvalue weighted by atomic mass is 16.7. The molecule has 0 saturated carbocycles. The minimum absolute atomic E-state index is 0.349. The quantitative estimate of drug-likeness (QED) is 0.830. The second kappa shape index (κ2) is 5.21. The number of rotatable bonds is 5. The summed E-state index contributed by atoms with van der Waals surface area (Å²) < 4.78 is 10.6. The predicted octanol–water partition coefficient (Wildman–Crippen LogP) is 2.33. The van der Waals surface area contributed by atoms with E-state index < -0.39 is 0 Å². The molecule has 2 N–H and O–H groups in total. The topological polar surface area (TPSA) is 44.5 Å². The molecule has 1 aliphatic rings. The minimum atomic E-state index is 0.349. The van der Waals surface area contributed by atoms with E-state index in [9.17, 15) is 0 Å². The minimum Gasteiger partial charge on any atom is -0.454 e. The molecular weight excluding hydrogens is 202 g/mol. The highest BCUT2D eigenvalue weighted by molar-refractivity contribution is 5.44. The van der Waals surface area contributed by atoms with Gasteiger partial charge in [0.15, 0.2) is 11.5 Å². The molecule has 3 heteroatoms. The average molecular weight is 221 g/mol. The molecule has 2 rings (SSSR count). The number of fused-ring (bicyclic) bond motifs is 1. The fourth-order valence-corrected chi connectivity index (χ4v) is 2.04. The Morgan fingerprint density at radius 3 is 2.94 bits per heavy atom. The fourth-order valence-electron chi connectivity index (χ4n) is 2.04. The van der Waals surface area contributed by atoms with Crippen LogP contribution in [0.4, 0.5) is 0 Å². The summed E-state index contributed by atoms with van der Waals surface area (Å²) in [7, 11) is 0. The van der Waals surface area contributed by atoms with E-state index in [4.69, 9.17) is 15.2 Å². The van der Waals surface area contributed by atoms with Crippen LogP contribution >= 0.6 is 0 Å². The van der Waals surface area contributed by atoms with Crippen LogP contribution in [0.3, 0.4) is 0 Å². The lowest BCUT2D eigenvalue weighted by molar-refractivity contribution is 0.174. The number of ether oxygens (including phenoxy) is 2. The van der Waals surface area contributed by atoms with Crippen molar-refractivity contribution in [3.8, 4) is 11.5 Å². The van der Waals surface area contributed by atoms with Crippen molar-refractivity contribution in [3.63, 3.8) is 0 Å². The molecule has 0 spiro atoms. The van der Waals surface area contributed by atoms with Gasteiger partial charge < -0.3 is 15.2 Å². The average Bonchev–Trinajstić information content (AvgIpc) is 2.73.